The Labute approximate surface area is 219 Å². The van der Waals surface area contributed by atoms with Crippen LogP contribution in [0.5, 0.6) is 0 Å². The van der Waals surface area contributed by atoms with Gasteiger partial charge in [-0.3, -0.25) is 18.8 Å². The van der Waals surface area contributed by atoms with Crippen LogP contribution in [0.2, 0.25) is 0 Å². The molecule has 0 fully saturated rings. The van der Waals surface area contributed by atoms with Crippen molar-refractivity contribution in [3.05, 3.63) is 73.6 Å². The van der Waals surface area contributed by atoms with Gasteiger partial charge in [-0.1, -0.05) is 6.58 Å². The van der Waals surface area contributed by atoms with Crippen molar-refractivity contribution in [1.82, 2.24) is 19.5 Å². The third-order valence-electron chi connectivity index (χ3n) is 5.17. The number of phosphoric ester groups is 1. The van der Waals surface area contributed by atoms with Crippen molar-refractivity contribution in [1.29, 1.82) is 5.26 Å². The number of pyridine rings is 3. The van der Waals surface area contributed by atoms with Gasteiger partial charge in [-0.25, -0.2) is 14.5 Å². The summed E-state index contributed by atoms with van der Waals surface area (Å²) in [6.07, 6.45) is 9.19. The lowest BCUT2D eigenvalue weighted by Crippen LogP contribution is -2.18. The maximum atomic E-state index is 12.5. The molecule has 4 rings (SSSR count). The third kappa shape index (κ3) is 6.37. The summed E-state index contributed by atoms with van der Waals surface area (Å²) in [6.45, 7) is 8.08. The van der Waals surface area contributed by atoms with E-state index in [9.17, 15) is 19.5 Å². The van der Waals surface area contributed by atoms with Crippen LogP contribution in [0.25, 0.3) is 33.3 Å². The molecule has 4 heterocycles. The van der Waals surface area contributed by atoms with Gasteiger partial charge >= 0.3 is 7.82 Å². The minimum Gasteiger partial charge on any atom is -0.321 e. The van der Waals surface area contributed by atoms with E-state index >= 15 is 0 Å². The number of carbonyl (C=O) groups is 1. The lowest BCUT2D eigenvalue weighted by Gasteiger charge is -2.22. The van der Waals surface area contributed by atoms with Crippen LogP contribution in [0.3, 0.4) is 0 Å². The second kappa shape index (κ2) is 10.7. The Morgan fingerprint density at radius 3 is 2.68 bits per heavy atom. The van der Waals surface area contributed by atoms with Gasteiger partial charge in [0.1, 0.15) is 24.1 Å². The van der Waals surface area contributed by atoms with E-state index < -0.39 is 13.4 Å². The molecule has 0 saturated carbocycles. The van der Waals surface area contributed by atoms with Crippen molar-refractivity contribution in [2.45, 2.75) is 33.1 Å². The summed E-state index contributed by atoms with van der Waals surface area (Å²) < 4.78 is 24.5. The number of rotatable bonds is 8. The average Bonchev–Trinajstić information content (AvgIpc) is 3.24. The number of hydrogen-bond acceptors (Lipinski definition) is 8. The normalized spacial score (nSPS) is 13.0. The fourth-order valence-corrected chi connectivity index (χ4v) is 4.70. The molecular formula is C26H25N6O5P. The molecule has 0 saturated heterocycles. The maximum Gasteiger partial charge on any atom is 0.474 e. The van der Waals surface area contributed by atoms with E-state index in [1.165, 1.54) is 18.5 Å². The molecule has 4 aromatic rings. The zero-order valence-corrected chi connectivity index (χ0v) is 21.8. The first-order valence-corrected chi connectivity index (χ1v) is 12.9. The molecule has 0 aromatic carbocycles. The van der Waals surface area contributed by atoms with E-state index in [0.29, 0.717) is 39.0 Å². The summed E-state index contributed by atoms with van der Waals surface area (Å²) in [5.74, 6) is -0.362. The second-order valence-electron chi connectivity index (χ2n) is 9.24. The number of fused-ring (bicyclic) bond motifs is 1. The fraction of sp³-hybridized carbons (Fsp3) is 0.192. The molecule has 0 radical (unpaired) electrons. The van der Waals surface area contributed by atoms with Crippen LogP contribution >= 0.6 is 7.82 Å². The van der Waals surface area contributed by atoms with Crippen LogP contribution in [0.4, 0.5) is 5.69 Å². The number of carbonyl (C=O) groups excluding carboxylic acids is 1. The van der Waals surface area contributed by atoms with E-state index in [4.69, 9.17) is 9.05 Å². The molecule has 0 spiro atoms. The molecule has 1 amide bonds. The van der Waals surface area contributed by atoms with Gasteiger partial charge in [-0.15, -0.1) is 0 Å². The predicted octanol–water partition coefficient (Wildman–Crippen LogP) is 5.05. The number of hydrogen-bond donors (Lipinski definition) is 2. The van der Waals surface area contributed by atoms with E-state index in [0.717, 1.165) is 0 Å². The number of nitriles is 1. The lowest BCUT2D eigenvalue weighted by molar-refractivity contribution is -0.111. The minimum absolute atomic E-state index is 0.233. The Balaban J connectivity index is 1.79. The van der Waals surface area contributed by atoms with Crippen LogP contribution in [-0.2, 0) is 25.1 Å². The van der Waals surface area contributed by atoms with Gasteiger partial charge < -0.3 is 14.8 Å². The van der Waals surface area contributed by atoms with Crippen molar-refractivity contribution >= 4 is 30.5 Å². The average molecular weight is 532 g/mol. The molecule has 0 aliphatic heterocycles. The first-order chi connectivity index (χ1) is 18.0. The number of aromatic nitrogens is 4. The van der Waals surface area contributed by atoms with Gasteiger partial charge in [0.05, 0.1) is 17.5 Å². The van der Waals surface area contributed by atoms with Crippen molar-refractivity contribution in [3.8, 4) is 28.3 Å². The molecule has 0 bridgehead atoms. The number of nitrogens with zero attached hydrogens (tertiary/aromatic N) is 5. The van der Waals surface area contributed by atoms with Gasteiger partial charge in [-0.2, -0.15) is 5.26 Å². The number of amides is 1. The molecule has 0 aliphatic carbocycles. The van der Waals surface area contributed by atoms with Gasteiger partial charge in [0.15, 0.2) is 0 Å². The second-order valence-corrected chi connectivity index (χ2v) is 10.6. The van der Waals surface area contributed by atoms with E-state index in [2.05, 4.69) is 26.8 Å². The smallest absolute Gasteiger partial charge is 0.321 e. The summed E-state index contributed by atoms with van der Waals surface area (Å²) in [6, 6.07) is 9.05. The third-order valence-corrected chi connectivity index (χ3v) is 6.39. The van der Waals surface area contributed by atoms with Crippen molar-refractivity contribution in [3.63, 3.8) is 0 Å². The van der Waals surface area contributed by atoms with Crippen LogP contribution < -0.4 is 5.32 Å². The fourth-order valence-electron chi connectivity index (χ4n) is 3.68. The maximum absolute atomic E-state index is 12.5. The van der Waals surface area contributed by atoms with E-state index in [1.807, 2.05) is 12.1 Å². The molecule has 1 unspecified atom stereocenters. The van der Waals surface area contributed by atoms with Crippen LogP contribution in [0.1, 0.15) is 26.5 Å². The Morgan fingerprint density at radius 1 is 1.21 bits per heavy atom. The van der Waals surface area contributed by atoms with Crippen molar-refractivity contribution in [2.24, 2.45) is 0 Å². The van der Waals surface area contributed by atoms with Gasteiger partial charge in [0.25, 0.3) is 0 Å². The topological polar surface area (TPSA) is 152 Å². The molecule has 12 heteroatoms. The zero-order valence-electron chi connectivity index (χ0n) is 21.0. The predicted molar refractivity (Wildman–Crippen MR) is 141 cm³/mol. The molecule has 1 atom stereocenters. The van der Waals surface area contributed by atoms with Crippen molar-refractivity contribution < 1.29 is 23.3 Å². The van der Waals surface area contributed by atoms with Crippen LogP contribution in [-0.4, -0.2) is 35.9 Å². The molecule has 194 valence electrons. The molecule has 38 heavy (non-hydrogen) atoms. The van der Waals surface area contributed by atoms with E-state index in [-0.39, 0.29) is 18.3 Å². The zero-order chi connectivity index (χ0) is 27.5. The molecule has 11 nitrogen and oxygen atoms in total. The Hall–Kier alpha value is -4.20. The minimum atomic E-state index is -4.36. The highest BCUT2D eigenvalue weighted by molar-refractivity contribution is 7.47. The largest absolute Gasteiger partial charge is 0.474 e. The monoisotopic (exact) mass is 532 g/mol. The quantitative estimate of drug-likeness (QED) is 0.235. The highest BCUT2D eigenvalue weighted by Crippen LogP contribution is 2.47. The summed E-state index contributed by atoms with van der Waals surface area (Å²) in [5, 5.41) is 12.7. The standard InChI is InChI=1S/C26H25N6O5P/c1-5-24(33)31-21-9-18(12-28-14-21)19-10-22-23(17-6-7-29-20(8-17)11-27)15-32(25(22)30-13-19)16-36-38(34,35)37-26(2,3)4/h5-10,12-15H,1,16H2,2-4H3,(H,31,33)(H,34,35). The molecule has 0 aliphatic rings. The van der Waals surface area contributed by atoms with E-state index in [1.54, 1.807) is 62.1 Å². The summed E-state index contributed by atoms with van der Waals surface area (Å²) >= 11 is 0. The summed E-state index contributed by atoms with van der Waals surface area (Å²) in [7, 11) is -4.36. The molecule has 4 aromatic heterocycles. The Bertz CT molecular complexity index is 1620. The summed E-state index contributed by atoms with van der Waals surface area (Å²) in [5.41, 5.74) is 3.10. The Kier molecular flexibility index (Phi) is 7.53. The first kappa shape index (κ1) is 26.9. The number of anilines is 1. The van der Waals surface area contributed by atoms with Crippen molar-refractivity contribution in [2.75, 3.05) is 5.32 Å². The Morgan fingerprint density at radius 2 is 1.97 bits per heavy atom. The highest BCUT2D eigenvalue weighted by atomic mass is 31.2. The lowest BCUT2D eigenvalue weighted by atomic mass is 10.0. The molecule has 2 N–H and O–H groups in total. The summed E-state index contributed by atoms with van der Waals surface area (Å²) in [4.78, 5) is 34.7. The van der Waals surface area contributed by atoms with Gasteiger partial charge in [-0.05, 0) is 56.7 Å². The van der Waals surface area contributed by atoms with Crippen LogP contribution in [0.15, 0.2) is 67.9 Å². The molecular weight excluding hydrogens is 507 g/mol. The number of phosphoric acid groups is 1. The SMILES string of the molecule is C=CC(=O)Nc1cncc(-c2cnc3c(c2)c(-c2ccnc(C#N)c2)cn3COP(=O)(O)OC(C)(C)C)c1. The van der Waals surface area contributed by atoms with Gasteiger partial charge in [0.2, 0.25) is 5.91 Å². The number of nitrogens with one attached hydrogen (secondary N) is 1. The van der Waals surface area contributed by atoms with Crippen LogP contribution in [0, 0.1) is 11.3 Å². The first-order valence-electron chi connectivity index (χ1n) is 11.4. The highest BCUT2D eigenvalue weighted by Gasteiger charge is 2.29. The van der Waals surface area contributed by atoms with Gasteiger partial charge in [0, 0.05) is 46.9 Å².